The van der Waals surface area contributed by atoms with Crippen LogP contribution in [0.15, 0.2) is 24.3 Å². The molecule has 118 valence electrons. The van der Waals surface area contributed by atoms with Crippen LogP contribution in [0.2, 0.25) is 0 Å². The Labute approximate surface area is 133 Å². The van der Waals surface area contributed by atoms with E-state index in [9.17, 15) is 4.79 Å². The molecular formula is C17H26ClNO2. The summed E-state index contributed by atoms with van der Waals surface area (Å²) in [7, 11) is 0. The highest BCUT2D eigenvalue weighted by Crippen LogP contribution is 2.23. The Kier molecular flexibility index (Phi) is 7.03. The number of carbonyl (C=O) groups is 1. The van der Waals surface area contributed by atoms with Gasteiger partial charge in [-0.25, -0.2) is 0 Å². The number of alkyl halides is 1. The highest BCUT2D eigenvalue weighted by molar-refractivity contribution is 6.21. The molecule has 0 fully saturated rings. The Balaban J connectivity index is 2.52. The number of hydrogen-bond acceptors (Lipinski definition) is 2. The van der Waals surface area contributed by atoms with E-state index in [0.717, 1.165) is 18.6 Å². The second-order valence-electron chi connectivity index (χ2n) is 6.45. The summed E-state index contributed by atoms with van der Waals surface area (Å²) in [6.07, 6.45) is 1.80. The van der Waals surface area contributed by atoms with Crippen molar-refractivity contribution >= 4 is 17.5 Å². The first-order valence-electron chi connectivity index (χ1n) is 7.47. The summed E-state index contributed by atoms with van der Waals surface area (Å²) >= 11 is 6.26. The van der Waals surface area contributed by atoms with Crippen molar-refractivity contribution in [3.63, 3.8) is 0 Å². The van der Waals surface area contributed by atoms with E-state index in [1.807, 2.05) is 19.1 Å². The van der Waals surface area contributed by atoms with E-state index in [-0.39, 0.29) is 16.7 Å². The summed E-state index contributed by atoms with van der Waals surface area (Å²) in [6.45, 7) is 9.58. The third-order valence-corrected chi connectivity index (χ3v) is 3.20. The van der Waals surface area contributed by atoms with Gasteiger partial charge in [-0.3, -0.25) is 4.79 Å². The minimum Gasteiger partial charge on any atom is -0.494 e. The number of hydrogen-bond donors (Lipinski definition) is 1. The molecule has 1 aromatic rings. The first-order valence-corrected chi connectivity index (χ1v) is 7.90. The molecular weight excluding hydrogens is 286 g/mol. The Hall–Kier alpha value is -1.22. The molecule has 0 saturated carbocycles. The topological polar surface area (TPSA) is 38.3 Å². The van der Waals surface area contributed by atoms with Gasteiger partial charge in [-0.05, 0) is 36.5 Å². The number of rotatable bonds is 7. The maximum absolute atomic E-state index is 12.1. The van der Waals surface area contributed by atoms with Crippen LogP contribution < -0.4 is 10.1 Å². The van der Waals surface area contributed by atoms with E-state index in [2.05, 4.69) is 26.1 Å². The molecule has 21 heavy (non-hydrogen) atoms. The molecule has 1 aromatic carbocycles. The molecule has 1 unspecified atom stereocenters. The van der Waals surface area contributed by atoms with Crippen molar-refractivity contribution in [3.05, 3.63) is 29.8 Å². The molecule has 0 heterocycles. The van der Waals surface area contributed by atoms with E-state index in [4.69, 9.17) is 16.3 Å². The second-order valence-corrected chi connectivity index (χ2v) is 7.07. The lowest BCUT2D eigenvalue weighted by Crippen LogP contribution is -2.31. The Bertz CT molecular complexity index is 454. The van der Waals surface area contributed by atoms with Crippen molar-refractivity contribution in [3.8, 4) is 5.75 Å². The molecule has 0 radical (unpaired) electrons. The molecule has 1 rings (SSSR count). The molecule has 0 saturated heterocycles. The van der Waals surface area contributed by atoms with Gasteiger partial charge in [0.05, 0.1) is 12.0 Å². The summed E-state index contributed by atoms with van der Waals surface area (Å²) in [5.41, 5.74) is 0.758. The SMILES string of the molecule is CCCOc1cccc(C(=O)NCC(Cl)CC(C)(C)C)c1. The fraction of sp³-hybridized carbons (Fsp3) is 0.588. The lowest BCUT2D eigenvalue weighted by atomic mass is 9.90. The fourth-order valence-corrected chi connectivity index (χ4v) is 2.53. The maximum atomic E-state index is 12.1. The smallest absolute Gasteiger partial charge is 0.251 e. The third kappa shape index (κ3) is 7.37. The minimum atomic E-state index is -0.114. The highest BCUT2D eigenvalue weighted by Gasteiger charge is 2.17. The molecule has 0 aromatic heterocycles. The predicted octanol–water partition coefficient (Wildman–Crippen LogP) is 4.25. The fourth-order valence-electron chi connectivity index (χ4n) is 1.99. The molecule has 0 aliphatic carbocycles. The van der Waals surface area contributed by atoms with Crippen LogP contribution in [-0.2, 0) is 0 Å². The van der Waals surface area contributed by atoms with E-state index < -0.39 is 0 Å². The normalized spacial score (nSPS) is 12.8. The number of halogens is 1. The Morgan fingerprint density at radius 2 is 2.10 bits per heavy atom. The van der Waals surface area contributed by atoms with E-state index in [1.54, 1.807) is 12.1 Å². The van der Waals surface area contributed by atoms with Crippen molar-refractivity contribution in [2.75, 3.05) is 13.2 Å². The predicted molar refractivity (Wildman–Crippen MR) is 88.3 cm³/mol. The molecule has 1 amide bonds. The number of ether oxygens (including phenoxy) is 1. The van der Waals surface area contributed by atoms with Crippen LogP contribution in [0.1, 0.15) is 50.9 Å². The van der Waals surface area contributed by atoms with Crippen LogP contribution in [0.5, 0.6) is 5.75 Å². The number of benzene rings is 1. The Morgan fingerprint density at radius 1 is 1.38 bits per heavy atom. The first-order chi connectivity index (χ1) is 9.81. The van der Waals surface area contributed by atoms with Crippen LogP contribution in [0, 0.1) is 5.41 Å². The van der Waals surface area contributed by atoms with Crippen LogP contribution in [-0.4, -0.2) is 24.4 Å². The van der Waals surface area contributed by atoms with Crippen LogP contribution in [0.25, 0.3) is 0 Å². The van der Waals surface area contributed by atoms with Gasteiger partial charge in [0.2, 0.25) is 0 Å². The van der Waals surface area contributed by atoms with Gasteiger partial charge >= 0.3 is 0 Å². The average Bonchev–Trinajstić information content (AvgIpc) is 2.41. The van der Waals surface area contributed by atoms with E-state index in [1.165, 1.54) is 0 Å². The molecule has 3 nitrogen and oxygen atoms in total. The largest absolute Gasteiger partial charge is 0.494 e. The maximum Gasteiger partial charge on any atom is 0.251 e. The zero-order valence-electron chi connectivity index (χ0n) is 13.4. The van der Waals surface area contributed by atoms with Gasteiger partial charge in [0.15, 0.2) is 0 Å². The summed E-state index contributed by atoms with van der Waals surface area (Å²) in [5, 5.41) is 2.82. The quantitative estimate of drug-likeness (QED) is 0.765. The van der Waals surface area contributed by atoms with Gasteiger partial charge in [-0.2, -0.15) is 0 Å². The summed E-state index contributed by atoms with van der Waals surface area (Å²) < 4.78 is 5.53. The van der Waals surface area contributed by atoms with Crippen molar-refractivity contribution in [1.29, 1.82) is 0 Å². The van der Waals surface area contributed by atoms with E-state index in [0.29, 0.717) is 18.7 Å². The Morgan fingerprint density at radius 3 is 2.71 bits per heavy atom. The molecule has 0 bridgehead atoms. The summed E-state index contributed by atoms with van der Waals surface area (Å²) in [6, 6.07) is 7.22. The highest BCUT2D eigenvalue weighted by atomic mass is 35.5. The zero-order valence-corrected chi connectivity index (χ0v) is 14.2. The molecule has 0 aliphatic rings. The summed E-state index contributed by atoms with van der Waals surface area (Å²) in [4.78, 5) is 12.1. The van der Waals surface area contributed by atoms with Crippen LogP contribution in [0.4, 0.5) is 0 Å². The average molecular weight is 312 g/mol. The van der Waals surface area contributed by atoms with Gasteiger partial charge < -0.3 is 10.1 Å². The summed E-state index contributed by atoms with van der Waals surface area (Å²) in [5.74, 6) is 0.609. The van der Waals surface area contributed by atoms with Crippen LogP contribution in [0.3, 0.4) is 0 Å². The van der Waals surface area contributed by atoms with Gasteiger partial charge in [0.1, 0.15) is 5.75 Å². The standard InChI is InChI=1S/C17H26ClNO2/c1-5-9-21-15-8-6-7-13(10-15)16(20)19-12-14(18)11-17(2,3)4/h6-8,10,14H,5,9,11-12H2,1-4H3,(H,19,20). The first kappa shape index (κ1) is 17.8. The molecule has 0 aliphatic heterocycles. The van der Waals surface area contributed by atoms with Crippen molar-refractivity contribution < 1.29 is 9.53 Å². The third-order valence-electron chi connectivity index (χ3n) is 2.89. The van der Waals surface area contributed by atoms with Gasteiger partial charge in [-0.1, -0.05) is 33.8 Å². The number of nitrogens with one attached hydrogen (secondary N) is 1. The molecule has 4 heteroatoms. The lowest BCUT2D eigenvalue weighted by molar-refractivity contribution is 0.0951. The number of amides is 1. The van der Waals surface area contributed by atoms with Crippen molar-refractivity contribution in [2.45, 2.75) is 45.9 Å². The number of carbonyl (C=O) groups excluding carboxylic acids is 1. The van der Waals surface area contributed by atoms with Gasteiger partial charge in [0.25, 0.3) is 5.91 Å². The van der Waals surface area contributed by atoms with Crippen molar-refractivity contribution in [2.24, 2.45) is 5.41 Å². The van der Waals surface area contributed by atoms with E-state index >= 15 is 0 Å². The monoisotopic (exact) mass is 311 g/mol. The van der Waals surface area contributed by atoms with Crippen molar-refractivity contribution in [1.82, 2.24) is 5.32 Å². The molecule has 0 spiro atoms. The van der Waals surface area contributed by atoms with Gasteiger partial charge in [-0.15, -0.1) is 11.6 Å². The van der Waals surface area contributed by atoms with Crippen LogP contribution >= 0.6 is 11.6 Å². The zero-order chi connectivity index (χ0) is 15.9. The van der Waals surface area contributed by atoms with Gasteiger partial charge in [0, 0.05) is 12.1 Å². The lowest BCUT2D eigenvalue weighted by Gasteiger charge is -2.22. The second kappa shape index (κ2) is 8.28. The minimum absolute atomic E-state index is 0.0616. The molecule has 1 N–H and O–H groups in total. The molecule has 1 atom stereocenters.